The minimum atomic E-state index is -5.08. The number of hydrogen-bond donors (Lipinski definition) is 5. The average molecular weight is 882 g/mol. The molecule has 0 saturated carbocycles. The van der Waals surface area contributed by atoms with Crippen molar-refractivity contribution in [2.75, 3.05) is 36.2 Å². The number of unbranched alkanes of at least 4 members (excludes halogenated alkanes) is 3. The van der Waals surface area contributed by atoms with E-state index >= 15 is 0 Å². The van der Waals surface area contributed by atoms with E-state index in [1.807, 2.05) is 7.05 Å². The molecule has 0 atom stereocenters. The van der Waals surface area contributed by atoms with Crippen molar-refractivity contribution >= 4 is 73.3 Å². The second kappa shape index (κ2) is 20.3. The van der Waals surface area contributed by atoms with Gasteiger partial charge in [0.2, 0.25) is 5.95 Å². The summed E-state index contributed by atoms with van der Waals surface area (Å²) in [6.07, 6.45) is 2.91. The van der Waals surface area contributed by atoms with Crippen LogP contribution in [0.5, 0.6) is 0 Å². The van der Waals surface area contributed by atoms with E-state index in [1.54, 1.807) is 16.7 Å². The Hall–Kier alpha value is -4.61. The van der Waals surface area contributed by atoms with E-state index in [-0.39, 0.29) is 17.1 Å². The number of carboxylic acid groups (broad SMARTS) is 1. The fourth-order valence-electron chi connectivity index (χ4n) is 6.33. The largest absolute Gasteiger partial charge is 0.490 e. The molecule has 2 heterocycles. The zero-order valence-corrected chi connectivity index (χ0v) is 34.4. The Kier molecular flexibility index (Phi) is 16.6. The smallest absolute Gasteiger partial charge is 0.475 e. The summed E-state index contributed by atoms with van der Waals surface area (Å²) >= 11 is -2.43. The number of fused-ring (bicyclic) bond motifs is 2. The molecule has 17 heteroatoms. The second-order valence-electron chi connectivity index (χ2n) is 13.0. The van der Waals surface area contributed by atoms with Crippen LogP contribution in [-0.4, -0.2) is 69.7 Å². The molecule has 0 aliphatic rings. The Morgan fingerprint density at radius 2 is 1.13 bits per heavy atom. The van der Waals surface area contributed by atoms with Crippen LogP contribution in [0.25, 0.3) is 32.9 Å². The summed E-state index contributed by atoms with van der Waals surface area (Å²) in [4.78, 5) is 25.9. The Labute approximate surface area is 320 Å². The van der Waals surface area contributed by atoms with Crippen LogP contribution >= 0.6 is 0 Å². The molecule has 3 aromatic carbocycles. The van der Waals surface area contributed by atoms with Gasteiger partial charge >= 0.3 is 176 Å². The first-order valence-electron chi connectivity index (χ1n) is 18.0. The van der Waals surface area contributed by atoms with Gasteiger partial charge in [-0.25, -0.2) is 22.9 Å². The normalized spacial score (nSPS) is 11.4. The zero-order valence-electron chi connectivity index (χ0n) is 31.5. The van der Waals surface area contributed by atoms with Crippen LogP contribution in [0, 0.1) is 17.5 Å². The first-order chi connectivity index (χ1) is 26.0. The number of carboxylic acids is 1. The number of hydrogen-bond acceptors (Lipinski definition) is 9. The number of alkyl halides is 3. The van der Waals surface area contributed by atoms with Gasteiger partial charge in [0.05, 0.1) is 11.1 Å². The van der Waals surface area contributed by atoms with Crippen LogP contribution < -0.4 is 25.7 Å². The van der Waals surface area contributed by atoms with Crippen molar-refractivity contribution in [3.63, 3.8) is 0 Å². The van der Waals surface area contributed by atoms with Crippen molar-refractivity contribution < 1.29 is 36.2 Å². The third-order valence-electron chi connectivity index (χ3n) is 9.08. The van der Waals surface area contributed by atoms with E-state index in [9.17, 15) is 26.3 Å². The maximum absolute atomic E-state index is 13.9. The predicted molar refractivity (Wildman–Crippen MR) is 211 cm³/mol. The van der Waals surface area contributed by atoms with Crippen molar-refractivity contribution in [1.82, 2.24) is 19.9 Å². The summed E-state index contributed by atoms with van der Waals surface area (Å²) in [5, 5.41) is 14.9. The fourth-order valence-corrected chi connectivity index (χ4v) is 22.3. The number of carbonyl (C=O) groups is 1. The molecule has 7 N–H and O–H groups in total. The molecule has 0 aliphatic heterocycles. The topological polar surface area (TPSA) is 165 Å². The molecule has 55 heavy (non-hydrogen) atoms. The summed E-state index contributed by atoms with van der Waals surface area (Å²) in [6.45, 7) is 6.97. The minimum absolute atomic E-state index is 0.0362. The maximum atomic E-state index is 13.9. The quantitative estimate of drug-likeness (QED) is 0.0569. The van der Waals surface area contributed by atoms with Crippen molar-refractivity contribution in [2.45, 2.75) is 78.8 Å². The Morgan fingerprint density at radius 3 is 1.53 bits per heavy atom. The molecule has 10 nitrogen and oxygen atoms in total. The molecule has 0 unspecified atom stereocenters. The standard InChI is InChI=1S/C15H11F3N4.C9H9N4.3C4H9.C2HF3O2.Sn/c1-20-14-9-3-2-7(4-12(9)21-15(19)22-14)13-10(17)5-8(16)6-11(13)18;1-11-8-6-4-2-3-5-7(6)12-9(10)13-8;3*1-3-4-2;3-2(4,5)1(6)7;/h2-6H,1H3,(H3,19,20,21,22);2,4-5H,1H3,(H3,10,11,12,13);3*1,3-4H2,2H3;(H,6,7);. The van der Waals surface area contributed by atoms with Gasteiger partial charge in [0.25, 0.3) is 0 Å². The number of nitrogens with zero attached hydrogens (tertiary/aromatic N) is 4. The monoisotopic (exact) mass is 882 g/mol. The Morgan fingerprint density at radius 1 is 0.709 bits per heavy atom. The molecule has 0 aliphatic carbocycles. The molecule has 5 aromatic rings. The number of nitrogens with one attached hydrogen (secondary N) is 2. The van der Waals surface area contributed by atoms with E-state index in [0.29, 0.717) is 34.8 Å². The van der Waals surface area contributed by atoms with Crippen LogP contribution in [0.1, 0.15) is 59.3 Å². The average Bonchev–Trinajstić information content (AvgIpc) is 3.13. The third kappa shape index (κ3) is 11.9. The zero-order chi connectivity index (χ0) is 40.9. The van der Waals surface area contributed by atoms with E-state index in [2.05, 4.69) is 69.5 Å². The number of nitrogens with two attached hydrogens (primary N) is 2. The van der Waals surface area contributed by atoms with Gasteiger partial charge in [-0.2, -0.15) is 18.2 Å². The number of aromatic nitrogens is 4. The summed E-state index contributed by atoms with van der Waals surface area (Å²) in [7, 11) is 3.57. The number of halogens is 6. The van der Waals surface area contributed by atoms with E-state index in [4.69, 9.17) is 21.4 Å². The summed E-state index contributed by atoms with van der Waals surface area (Å²) < 4.78 is 78.5. The van der Waals surface area contributed by atoms with Crippen molar-refractivity contribution in [3.05, 3.63) is 66.0 Å². The molecule has 0 spiro atoms. The predicted octanol–water partition coefficient (Wildman–Crippen LogP) is 9.28. The number of anilines is 4. The Bertz CT molecular complexity index is 2020. The number of aliphatic carboxylic acids is 1. The SMILES string of the molecule is CCC[CH2][Sn]([CH2]CCC)([CH2]CCC)[c]1ccc2c(NC)nc(N)nc2c1.CNc1nc(N)nc2cc(-c3c(F)cc(F)cc3F)ccc12.O=C(O)C(F)(F)F. The van der Waals surface area contributed by atoms with Crippen LogP contribution in [0.3, 0.4) is 0 Å². The van der Waals surface area contributed by atoms with E-state index in [0.717, 1.165) is 16.7 Å². The van der Waals surface area contributed by atoms with Gasteiger partial charge in [-0.1, -0.05) is 6.07 Å². The van der Waals surface area contributed by atoms with Crippen molar-refractivity contribution in [2.24, 2.45) is 0 Å². The first-order valence-corrected chi connectivity index (χ1v) is 25.5. The molecule has 0 saturated heterocycles. The number of rotatable bonds is 13. The van der Waals surface area contributed by atoms with Gasteiger partial charge in [0, 0.05) is 24.6 Å². The van der Waals surface area contributed by atoms with Crippen LogP contribution in [0.2, 0.25) is 13.3 Å². The van der Waals surface area contributed by atoms with Crippen molar-refractivity contribution in [3.8, 4) is 11.1 Å². The molecule has 0 bridgehead atoms. The van der Waals surface area contributed by atoms with Crippen LogP contribution in [0.15, 0.2) is 48.5 Å². The second-order valence-corrected chi connectivity index (χ2v) is 26.2. The molecule has 0 fully saturated rings. The number of benzene rings is 3. The minimum Gasteiger partial charge on any atom is -0.475 e. The third-order valence-corrected chi connectivity index (χ3v) is 24.7. The maximum Gasteiger partial charge on any atom is 0.490 e. The number of nitrogen functional groups attached to an aromatic ring is 2. The molecule has 0 amide bonds. The molecule has 2 aromatic heterocycles. The van der Waals surface area contributed by atoms with E-state index in [1.165, 1.54) is 64.0 Å². The van der Waals surface area contributed by atoms with Gasteiger partial charge < -0.3 is 16.2 Å². The summed E-state index contributed by atoms with van der Waals surface area (Å²) in [5.41, 5.74) is 12.9. The molecular formula is C38H48F6N8O2Sn. The summed E-state index contributed by atoms with van der Waals surface area (Å²) in [5.74, 6) is -3.95. The van der Waals surface area contributed by atoms with Crippen LogP contribution in [0.4, 0.5) is 49.9 Å². The molecule has 0 radical (unpaired) electrons. The molecule has 5 rings (SSSR count). The molecular weight excluding hydrogens is 833 g/mol. The van der Waals surface area contributed by atoms with Gasteiger partial charge in [0.15, 0.2) is 0 Å². The van der Waals surface area contributed by atoms with Gasteiger partial charge in [-0.05, 0) is 17.7 Å². The molecule has 298 valence electrons. The van der Waals surface area contributed by atoms with Gasteiger partial charge in [-0.3, -0.25) is 0 Å². The van der Waals surface area contributed by atoms with Crippen molar-refractivity contribution in [1.29, 1.82) is 0 Å². The van der Waals surface area contributed by atoms with Gasteiger partial charge in [-0.15, -0.1) is 0 Å². The Balaban J connectivity index is 0.000000254. The first kappa shape index (κ1) is 44.8. The van der Waals surface area contributed by atoms with E-state index < -0.39 is 48.0 Å². The fraction of sp³-hybridized carbons (Fsp3) is 0.395. The van der Waals surface area contributed by atoms with Gasteiger partial charge in [0.1, 0.15) is 23.3 Å². The summed E-state index contributed by atoms with van der Waals surface area (Å²) in [6, 6.07) is 12.9. The van der Waals surface area contributed by atoms with Crippen LogP contribution in [-0.2, 0) is 4.79 Å².